The molecule has 0 fully saturated rings. The van der Waals surface area contributed by atoms with Crippen molar-refractivity contribution in [1.82, 2.24) is 15.5 Å². The first-order chi connectivity index (χ1) is 10.1. The third kappa shape index (κ3) is 4.33. The van der Waals surface area contributed by atoms with Gasteiger partial charge in [0.25, 0.3) is 11.1 Å². The van der Waals surface area contributed by atoms with Gasteiger partial charge < -0.3 is 18.9 Å². The molecule has 7 nitrogen and oxygen atoms in total. The van der Waals surface area contributed by atoms with Crippen molar-refractivity contribution in [2.45, 2.75) is 25.1 Å². The molecule has 21 heavy (non-hydrogen) atoms. The molecule has 0 aliphatic heterocycles. The van der Waals surface area contributed by atoms with Crippen LogP contribution in [0.3, 0.4) is 0 Å². The second kappa shape index (κ2) is 7.28. The maximum Gasteiger partial charge on any atom is 0.277 e. The van der Waals surface area contributed by atoms with Crippen molar-refractivity contribution in [3.8, 4) is 11.5 Å². The first-order valence-corrected chi connectivity index (χ1v) is 7.37. The zero-order valence-electron chi connectivity index (χ0n) is 12.1. The number of aromatic nitrogens is 2. The molecule has 1 atom stereocenters. The van der Waals surface area contributed by atoms with Crippen molar-refractivity contribution in [3.63, 3.8) is 0 Å². The maximum atomic E-state index is 11.7. The van der Waals surface area contributed by atoms with Crippen LogP contribution >= 0.6 is 11.8 Å². The Labute approximate surface area is 126 Å². The largest absolute Gasteiger partial charge is 0.469 e. The molecule has 2 rings (SSSR count). The quantitative estimate of drug-likeness (QED) is 0.781. The molecule has 2 heterocycles. The summed E-state index contributed by atoms with van der Waals surface area (Å²) in [5.41, 5.74) is 0.757. The molecule has 1 N–H and O–H groups in total. The van der Waals surface area contributed by atoms with Crippen LogP contribution in [0.5, 0.6) is 0 Å². The van der Waals surface area contributed by atoms with E-state index in [0.29, 0.717) is 23.5 Å². The minimum absolute atomic E-state index is 0.0325. The van der Waals surface area contributed by atoms with Gasteiger partial charge in [0.05, 0.1) is 24.2 Å². The number of furan rings is 1. The van der Waals surface area contributed by atoms with Gasteiger partial charge in [0.1, 0.15) is 5.76 Å². The lowest BCUT2D eigenvalue weighted by atomic mass is 10.3. The van der Waals surface area contributed by atoms with E-state index in [2.05, 4.69) is 15.5 Å². The van der Waals surface area contributed by atoms with Crippen molar-refractivity contribution < 1.29 is 18.4 Å². The molecule has 1 amide bonds. The molecule has 0 spiro atoms. The summed E-state index contributed by atoms with van der Waals surface area (Å²) in [7, 11) is 1.59. The van der Waals surface area contributed by atoms with E-state index in [4.69, 9.17) is 13.6 Å². The molecular weight excluding hydrogens is 294 g/mol. The van der Waals surface area contributed by atoms with Crippen molar-refractivity contribution in [2.24, 2.45) is 0 Å². The molecule has 0 bridgehead atoms. The zero-order valence-corrected chi connectivity index (χ0v) is 12.9. The number of amides is 1. The van der Waals surface area contributed by atoms with E-state index >= 15 is 0 Å². The van der Waals surface area contributed by atoms with Crippen LogP contribution in [0.25, 0.3) is 11.5 Å². The lowest BCUT2D eigenvalue weighted by Gasteiger charge is -2.11. The molecule has 114 valence electrons. The number of rotatable bonds is 7. The summed E-state index contributed by atoms with van der Waals surface area (Å²) in [6.07, 6.45) is 1.56. The Morgan fingerprint density at radius 2 is 2.33 bits per heavy atom. The van der Waals surface area contributed by atoms with Gasteiger partial charge in [-0.3, -0.25) is 4.79 Å². The van der Waals surface area contributed by atoms with Crippen molar-refractivity contribution in [1.29, 1.82) is 0 Å². The van der Waals surface area contributed by atoms with Crippen LogP contribution in [0.15, 0.2) is 26.4 Å². The van der Waals surface area contributed by atoms with E-state index in [1.807, 2.05) is 13.8 Å². The normalized spacial score (nSPS) is 12.3. The van der Waals surface area contributed by atoms with Gasteiger partial charge in [-0.2, -0.15) is 0 Å². The van der Waals surface area contributed by atoms with Gasteiger partial charge in [-0.05, 0) is 19.9 Å². The average molecular weight is 311 g/mol. The SMILES string of the molecule is COCC(C)NC(=O)CSc1nnc(-c2ccoc2C)o1. The summed E-state index contributed by atoms with van der Waals surface area (Å²) in [6, 6.07) is 1.73. The topological polar surface area (TPSA) is 90.4 Å². The van der Waals surface area contributed by atoms with E-state index in [0.717, 1.165) is 5.56 Å². The molecule has 1 unspecified atom stereocenters. The smallest absolute Gasteiger partial charge is 0.277 e. The van der Waals surface area contributed by atoms with Gasteiger partial charge in [0.15, 0.2) is 0 Å². The van der Waals surface area contributed by atoms with Crippen molar-refractivity contribution in [3.05, 3.63) is 18.1 Å². The highest BCUT2D eigenvalue weighted by atomic mass is 32.2. The summed E-state index contributed by atoms with van der Waals surface area (Å²) < 4.78 is 15.6. The Kier molecular flexibility index (Phi) is 5.40. The highest BCUT2D eigenvalue weighted by Gasteiger charge is 2.15. The summed E-state index contributed by atoms with van der Waals surface area (Å²) >= 11 is 1.19. The van der Waals surface area contributed by atoms with E-state index < -0.39 is 0 Å². The highest BCUT2D eigenvalue weighted by molar-refractivity contribution is 7.99. The van der Waals surface area contributed by atoms with Crippen molar-refractivity contribution >= 4 is 17.7 Å². The molecule has 2 aromatic heterocycles. The number of carbonyl (C=O) groups excluding carboxylic acids is 1. The predicted octanol–water partition coefficient (Wildman–Crippen LogP) is 1.88. The van der Waals surface area contributed by atoms with Gasteiger partial charge in [0, 0.05) is 13.2 Å². The molecule has 0 saturated heterocycles. The summed E-state index contributed by atoms with van der Waals surface area (Å²) in [5.74, 6) is 1.20. The fourth-order valence-corrected chi connectivity index (χ4v) is 2.29. The van der Waals surface area contributed by atoms with Gasteiger partial charge in [-0.15, -0.1) is 10.2 Å². The Morgan fingerprint density at radius 3 is 3.00 bits per heavy atom. The third-order valence-corrected chi connectivity index (χ3v) is 3.46. The number of carbonyl (C=O) groups is 1. The Hall–Kier alpha value is -1.80. The molecule has 0 aromatic carbocycles. The van der Waals surface area contributed by atoms with Crippen LogP contribution < -0.4 is 5.32 Å². The number of thioether (sulfide) groups is 1. The number of nitrogens with one attached hydrogen (secondary N) is 1. The molecule has 0 saturated carbocycles. The Balaban J connectivity index is 1.86. The van der Waals surface area contributed by atoms with Crippen LogP contribution in [0.2, 0.25) is 0 Å². The van der Waals surface area contributed by atoms with E-state index in [1.54, 1.807) is 19.4 Å². The van der Waals surface area contributed by atoms with Crippen LogP contribution in [-0.4, -0.2) is 41.6 Å². The van der Waals surface area contributed by atoms with Crippen LogP contribution in [0.4, 0.5) is 0 Å². The first-order valence-electron chi connectivity index (χ1n) is 6.39. The monoisotopic (exact) mass is 311 g/mol. The Morgan fingerprint density at radius 1 is 1.52 bits per heavy atom. The molecule has 8 heteroatoms. The summed E-state index contributed by atoms with van der Waals surface area (Å²) in [5, 5.41) is 11.0. The van der Waals surface area contributed by atoms with Crippen LogP contribution in [0.1, 0.15) is 12.7 Å². The third-order valence-electron chi connectivity index (χ3n) is 2.65. The highest BCUT2D eigenvalue weighted by Crippen LogP contribution is 2.26. The second-order valence-electron chi connectivity index (χ2n) is 4.48. The minimum Gasteiger partial charge on any atom is -0.469 e. The van der Waals surface area contributed by atoms with Gasteiger partial charge in [-0.1, -0.05) is 11.8 Å². The standard InChI is InChI=1S/C13H17N3O4S/c1-8(6-18-3)14-11(17)7-21-13-16-15-12(20-13)10-4-5-19-9(10)2/h4-5,8H,6-7H2,1-3H3,(H,14,17). The van der Waals surface area contributed by atoms with E-state index in [9.17, 15) is 4.79 Å². The zero-order chi connectivity index (χ0) is 15.2. The predicted molar refractivity (Wildman–Crippen MR) is 76.9 cm³/mol. The first kappa shape index (κ1) is 15.6. The second-order valence-corrected chi connectivity index (χ2v) is 5.40. The van der Waals surface area contributed by atoms with Crippen LogP contribution in [0, 0.1) is 6.92 Å². The summed E-state index contributed by atoms with van der Waals surface area (Å²) in [4.78, 5) is 11.7. The molecular formula is C13H17N3O4S. The number of hydrogen-bond donors (Lipinski definition) is 1. The lowest BCUT2D eigenvalue weighted by molar-refractivity contribution is -0.119. The Bertz CT molecular complexity index is 596. The lowest BCUT2D eigenvalue weighted by Crippen LogP contribution is -2.36. The number of hydrogen-bond acceptors (Lipinski definition) is 7. The molecule has 0 radical (unpaired) electrons. The van der Waals surface area contributed by atoms with Crippen LogP contribution in [-0.2, 0) is 9.53 Å². The molecule has 2 aromatic rings. The summed E-state index contributed by atoms with van der Waals surface area (Å²) in [6.45, 7) is 4.16. The van der Waals surface area contributed by atoms with Gasteiger partial charge >= 0.3 is 0 Å². The average Bonchev–Trinajstić information content (AvgIpc) is 3.05. The van der Waals surface area contributed by atoms with Crippen molar-refractivity contribution in [2.75, 3.05) is 19.5 Å². The number of nitrogens with zero attached hydrogens (tertiary/aromatic N) is 2. The van der Waals surface area contributed by atoms with E-state index in [1.165, 1.54) is 11.8 Å². The van der Waals surface area contributed by atoms with Gasteiger partial charge in [0.2, 0.25) is 5.91 Å². The molecule has 0 aliphatic carbocycles. The molecule has 0 aliphatic rings. The number of ether oxygens (including phenoxy) is 1. The van der Waals surface area contributed by atoms with E-state index in [-0.39, 0.29) is 17.7 Å². The minimum atomic E-state index is -0.108. The maximum absolute atomic E-state index is 11.7. The van der Waals surface area contributed by atoms with Gasteiger partial charge in [-0.25, -0.2) is 0 Å². The fourth-order valence-electron chi connectivity index (χ4n) is 1.72. The number of aryl methyl sites for hydroxylation is 1. The fraction of sp³-hybridized carbons (Fsp3) is 0.462. The number of methoxy groups -OCH3 is 1.